The molecule has 2 aromatic rings. The minimum Gasteiger partial charge on any atom is -0.491 e. The van der Waals surface area contributed by atoms with E-state index < -0.39 is 5.60 Å². The summed E-state index contributed by atoms with van der Waals surface area (Å²) in [5.74, 6) is 0.899. The quantitative estimate of drug-likeness (QED) is 0.843. The second-order valence-electron chi connectivity index (χ2n) is 6.19. The third-order valence-corrected chi connectivity index (χ3v) is 4.39. The lowest BCUT2D eigenvalue weighted by atomic mass is 9.93. The van der Waals surface area contributed by atoms with E-state index in [2.05, 4.69) is 4.98 Å². The average molecular weight is 330 g/mol. The SMILES string of the molecule is CO[C@@]1(COc2cccc(C)c2)CCCN(C(=O)c2cnco2)C1. The lowest BCUT2D eigenvalue weighted by Gasteiger charge is -2.41. The van der Waals surface area contributed by atoms with Gasteiger partial charge in [-0.15, -0.1) is 0 Å². The maximum absolute atomic E-state index is 12.5. The molecule has 6 heteroatoms. The fourth-order valence-electron chi connectivity index (χ4n) is 3.01. The Morgan fingerprint density at radius 1 is 1.46 bits per heavy atom. The first-order valence-electron chi connectivity index (χ1n) is 8.04. The molecule has 0 saturated carbocycles. The van der Waals surface area contributed by atoms with E-state index in [0.717, 1.165) is 24.2 Å². The van der Waals surface area contributed by atoms with Crippen LogP contribution in [0.15, 0.2) is 41.3 Å². The minimum absolute atomic E-state index is 0.163. The van der Waals surface area contributed by atoms with Crippen molar-refractivity contribution in [3.63, 3.8) is 0 Å². The minimum atomic E-state index is -0.516. The first kappa shape index (κ1) is 16.5. The summed E-state index contributed by atoms with van der Waals surface area (Å²) < 4.78 is 16.8. The van der Waals surface area contributed by atoms with Crippen LogP contribution in [0.1, 0.15) is 29.0 Å². The normalized spacial score (nSPS) is 20.8. The van der Waals surface area contributed by atoms with Crippen LogP contribution < -0.4 is 4.74 Å². The molecule has 2 heterocycles. The number of oxazole rings is 1. The summed E-state index contributed by atoms with van der Waals surface area (Å²) in [6, 6.07) is 7.91. The summed E-state index contributed by atoms with van der Waals surface area (Å²) in [6.07, 6.45) is 4.40. The van der Waals surface area contributed by atoms with Gasteiger partial charge in [-0.05, 0) is 37.5 Å². The van der Waals surface area contributed by atoms with Gasteiger partial charge in [0.15, 0.2) is 6.39 Å². The van der Waals surface area contributed by atoms with Crippen LogP contribution in [0, 0.1) is 6.92 Å². The van der Waals surface area contributed by atoms with Crippen molar-refractivity contribution in [1.82, 2.24) is 9.88 Å². The van der Waals surface area contributed by atoms with E-state index in [9.17, 15) is 4.79 Å². The van der Waals surface area contributed by atoms with E-state index in [4.69, 9.17) is 13.9 Å². The Kier molecular flexibility index (Phi) is 4.85. The van der Waals surface area contributed by atoms with Crippen LogP contribution in [0.2, 0.25) is 0 Å². The van der Waals surface area contributed by atoms with Crippen LogP contribution in [-0.4, -0.2) is 48.2 Å². The van der Waals surface area contributed by atoms with Crippen LogP contribution >= 0.6 is 0 Å². The molecule has 1 aromatic heterocycles. The molecule has 0 unspecified atom stereocenters. The number of hydrogen-bond acceptors (Lipinski definition) is 5. The fourth-order valence-corrected chi connectivity index (χ4v) is 3.01. The predicted octanol–water partition coefficient (Wildman–Crippen LogP) is 2.68. The van der Waals surface area contributed by atoms with Gasteiger partial charge in [0.05, 0.1) is 12.7 Å². The van der Waals surface area contributed by atoms with Crippen molar-refractivity contribution >= 4 is 5.91 Å². The zero-order valence-corrected chi connectivity index (χ0v) is 14.0. The van der Waals surface area contributed by atoms with Crippen LogP contribution in [-0.2, 0) is 4.74 Å². The molecule has 1 aliphatic rings. The third kappa shape index (κ3) is 3.59. The number of aryl methyl sites for hydroxylation is 1. The second kappa shape index (κ2) is 7.05. The predicted molar refractivity (Wildman–Crippen MR) is 88.1 cm³/mol. The molecule has 1 aromatic carbocycles. The Hall–Kier alpha value is -2.34. The van der Waals surface area contributed by atoms with E-state index in [0.29, 0.717) is 19.7 Å². The summed E-state index contributed by atoms with van der Waals surface area (Å²) in [5, 5.41) is 0. The Morgan fingerprint density at radius 2 is 2.33 bits per heavy atom. The molecular weight excluding hydrogens is 308 g/mol. The number of hydrogen-bond donors (Lipinski definition) is 0. The molecular formula is C18H22N2O4. The summed E-state index contributed by atoms with van der Waals surface area (Å²) in [6.45, 7) is 3.56. The van der Waals surface area contributed by atoms with Gasteiger partial charge in [0.25, 0.3) is 5.91 Å². The maximum atomic E-state index is 12.5. The number of aromatic nitrogens is 1. The number of carbonyl (C=O) groups excluding carboxylic acids is 1. The molecule has 128 valence electrons. The first-order valence-corrected chi connectivity index (χ1v) is 8.04. The largest absolute Gasteiger partial charge is 0.491 e. The maximum Gasteiger partial charge on any atom is 0.291 e. The van der Waals surface area contributed by atoms with E-state index in [1.807, 2.05) is 31.2 Å². The van der Waals surface area contributed by atoms with Gasteiger partial charge in [-0.25, -0.2) is 4.98 Å². The molecule has 0 bridgehead atoms. The molecule has 1 saturated heterocycles. The molecule has 1 aliphatic heterocycles. The van der Waals surface area contributed by atoms with Crippen molar-refractivity contribution in [3.05, 3.63) is 48.2 Å². The van der Waals surface area contributed by atoms with Crippen LogP contribution in [0.3, 0.4) is 0 Å². The standard InChI is InChI=1S/C18H22N2O4/c1-14-5-3-6-15(9-14)23-12-18(22-2)7-4-8-20(11-18)17(21)16-10-19-13-24-16/h3,5-6,9-10,13H,4,7-8,11-12H2,1-2H3/t18-/m0/s1. The average Bonchev–Trinajstić information content (AvgIpc) is 3.14. The van der Waals surface area contributed by atoms with Gasteiger partial charge >= 0.3 is 0 Å². The van der Waals surface area contributed by atoms with E-state index in [-0.39, 0.29) is 11.7 Å². The number of likely N-dealkylation sites (tertiary alicyclic amines) is 1. The highest BCUT2D eigenvalue weighted by molar-refractivity contribution is 5.91. The molecule has 1 amide bonds. The third-order valence-electron chi connectivity index (χ3n) is 4.39. The molecule has 0 radical (unpaired) electrons. The monoisotopic (exact) mass is 330 g/mol. The molecule has 0 aliphatic carbocycles. The molecule has 0 spiro atoms. The van der Waals surface area contributed by atoms with Gasteiger partial charge in [0.2, 0.25) is 5.76 Å². The Balaban J connectivity index is 1.68. The van der Waals surface area contributed by atoms with Gasteiger partial charge in [-0.1, -0.05) is 12.1 Å². The van der Waals surface area contributed by atoms with Gasteiger partial charge in [-0.3, -0.25) is 4.79 Å². The lowest BCUT2D eigenvalue weighted by molar-refractivity contribution is -0.0828. The Morgan fingerprint density at radius 3 is 3.04 bits per heavy atom. The van der Waals surface area contributed by atoms with Crippen LogP contribution in [0.25, 0.3) is 0 Å². The first-order chi connectivity index (χ1) is 11.6. The number of methoxy groups -OCH3 is 1. The fraction of sp³-hybridized carbons (Fsp3) is 0.444. The molecule has 3 rings (SSSR count). The van der Waals surface area contributed by atoms with E-state index >= 15 is 0 Å². The highest BCUT2D eigenvalue weighted by Crippen LogP contribution is 2.27. The number of nitrogens with zero attached hydrogens (tertiary/aromatic N) is 2. The summed E-state index contributed by atoms with van der Waals surface area (Å²) in [5.41, 5.74) is 0.627. The van der Waals surface area contributed by atoms with Crippen LogP contribution in [0.5, 0.6) is 5.75 Å². The number of rotatable bonds is 5. The van der Waals surface area contributed by atoms with Crippen LogP contribution in [0.4, 0.5) is 0 Å². The van der Waals surface area contributed by atoms with Gasteiger partial charge in [-0.2, -0.15) is 0 Å². The van der Waals surface area contributed by atoms with Crippen molar-refractivity contribution in [3.8, 4) is 5.75 Å². The number of benzene rings is 1. The molecule has 6 nitrogen and oxygen atoms in total. The zero-order chi connectivity index (χ0) is 17.0. The smallest absolute Gasteiger partial charge is 0.291 e. The lowest BCUT2D eigenvalue weighted by Crippen LogP contribution is -2.54. The topological polar surface area (TPSA) is 64.8 Å². The van der Waals surface area contributed by atoms with Crippen molar-refractivity contribution in [2.24, 2.45) is 0 Å². The Bertz CT molecular complexity index is 686. The molecule has 1 fully saturated rings. The Labute approximate surface area is 141 Å². The van der Waals surface area contributed by atoms with Crippen molar-refractivity contribution in [2.75, 3.05) is 26.8 Å². The van der Waals surface area contributed by atoms with Gasteiger partial charge in [0.1, 0.15) is 18.0 Å². The van der Waals surface area contributed by atoms with E-state index in [1.165, 1.54) is 12.6 Å². The number of carbonyl (C=O) groups is 1. The zero-order valence-electron chi connectivity index (χ0n) is 14.0. The van der Waals surface area contributed by atoms with Crippen molar-refractivity contribution < 1.29 is 18.7 Å². The second-order valence-corrected chi connectivity index (χ2v) is 6.19. The number of ether oxygens (including phenoxy) is 2. The number of piperidine rings is 1. The highest BCUT2D eigenvalue weighted by atomic mass is 16.5. The molecule has 1 atom stereocenters. The molecule has 0 N–H and O–H groups in total. The highest BCUT2D eigenvalue weighted by Gasteiger charge is 2.39. The van der Waals surface area contributed by atoms with Gasteiger partial charge < -0.3 is 18.8 Å². The summed E-state index contributed by atoms with van der Waals surface area (Å²) >= 11 is 0. The van der Waals surface area contributed by atoms with Gasteiger partial charge in [0, 0.05) is 13.7 Å². The number of amides is 1. The van der Waals surface area contributed by atoms with Crippen molar-refractivity contribution in [1.29, 1.82) is 0 Å². The molecule has 24 heavy (non-hydrogen) atoms. The van der Waals surface area contributed by atoms with E-state index in [1.54, 1.807) is 12.0 Å². The summed E-state index contributed by atoms with van der Waals surface area (Å²) in [7, 11) is 1.67. The van der Waals surface area contributed by atoms with Crippen molar-refractivity contribution in [2.45, 2.75) is 25.4 Å². The summed E-state index contributed by atoms with van der Waals surface area (Å²) in [4.78, 5) is 18.0.